The number of hydrogen-bond acceptors (Lipinski definition) is 7. The lowest BCUT2D eigenvalue weighted by Gasteiger charge is -2.71. The van der Waals surface area contributed by atoms with Gasteiger partial charge in [0.25, 0.3) is 0 Å². The molecule has 12 atom stereocenters. The van der Waals surface area contributed by atoms with Crippen molar-refractivity contribution < 1.29 is 30.3 Å². The van der Waals surface area contributed by atoms with E-state index in [1.165, 1.54) is 0 Å². The molecule has 0 aromatic heterocycles. The summed E-state index contributed by atoms with van der Waals surface area (Å²) < 4.78 is 5.66. The van der Waals surface area contributed by atoms with Crippen LogP contribution in [0, 0.1) is 28.6 Å². The highest BCUT2D eigenvalue weighted by molar-refractivity contribution is 5.42. The zero-order valence-electron chi connectivity index (χ0n) is 17.6. The molecule has 5 saturated carbocycles. The summed E-state index contributed by atoms with van der Waals surface area (Å²) in [5.74, 6) is -0.766. The number of ether oxygens (including phenoxy) is 1. The summed E-state index contributed by atoms with van der Waals surface area (Å²) in [6.45, 7) is 5.86. The first-order valence-electron chi connectivity index (χ1n) is 11.4. The van der Waals surface area contributed by atoms with Crippen molar-refractivity contribution in [1.82, 2.24) is 4.90 Å². The SMILES string of the molecule is CCN1C[C@]2(C)CC[C@H](O)[C@]34C1C(O)(C[C@H]23)[C@@]1(O)CC(OC)C2CC4[C@]1(O)[C@H]2O. The van der Waals surface area contributed by atoms with E-state index in [0.717, 1.165) is 13.0 Å². The molecule has 0 radical (unpaired) electrons. The van der Waals surface area contributed by atoms with Gasteiger partial charge in [-0.1, -0.05) is 13.8 Å². The third-order valence-electron chi connectivity index (χ3n) is 10.9. The van der Waals surface area contributed by atoms with Crippen LogP contribution in [-0.2, 0) is 4.74 Å². The largest absolute Gasteiger partial charge is 0.392 e. The Labute approximate surface area is 171 Å². The first-order valence-corrected chi connectivity index (χ1v) is 11.4. The van der Waals surface area contributed by atoms with Crippen LogP contribution in [0.15, 0.2) is 0 Å². The lowest BCUT2D eigenvalue weighted by molar-refractivity contribution is -0.364. The molecule has 7 heteroatoms. The number of methoxy groups -OCH3 is 1. The van der Waals surface area contributed by atoms with Crippen LogP contribution in [0.2, 0.25) is 0 Å². The average molecular weight is 410 g/mol. The van der Waals surface area contributed by atoms with E-state index in [2.05, 4.69) is 18.7 Å². The van der Waals surface area contributed by atoms with E-state index >= 15 is 0 Å². The van der Waals surface area contributed by atoms with Gasteiger partial charge in [0.05, 0.1) is 24.4 Å². The summed E-state index contributed by atoms with van der Waals surface area (Å²) in [4.78, 5) is 2.25. The monoisotopic (exact) mass is 409 g/mol. The van der Waals surface area contributed by atoms with Crippen molar-refractivity contribution in [2.24, 2.45) is 28.6 Å². The second-order valence-electron chi connectivity index (χ2n) is 11.4. The molecule has 1 aliphatic heterocycles. The average Bonchev–Trinajstić information content (AvgIpc) is 3.04. The fourth-order valence-corrected chi connectivity index (χ4v) is 10.1. The first-order chi connectivity index (χ1) is 13.6. The number of piperidine rings is 1. The van der Waals surface area contributed by atoms with E-state index in [1.54, 1.807) is 7.11 Å². The van der Waals surface area contributed by atoms with E-state index in [9.17, 15) is 25.5 Å². The van der Waals surface area contributed by atoms with Gasteiger partial charge >= 0.3 is 0 Å². The van der Waals surface area contributed by atoms with E-state index in [-0.39, 0.29) is 23.7 Å². The third kappa shape index (κ3) is 1.61. The summed E-state index contributed by atoms with van der Waals surface area (Å²) in [5, 5.41) is 59.4. The Morgan fingerprint density at radius 1 is 1.10 bits per heavy atom. The van der Waals surface area contributed by atoms with Crippen LogP contribution >= 0.6 is 0 Å². The van der Waals surface area contributed by atoms with E-state index in [1.807, 2.05) is 0 Å². The van der Waals surface area contributed by atoms with Crippen molar-refractivity contribution >= 4 is 0 Å². The van der Waals surface area contributed by atoms with Crippen molar-refractivity contribution in [3.63, 3.8) is 0 Å². The zero-order chi connectivity index (χ0) is 20.8. The van der Waals surface area contributed by atoms with Crippen molar-refractivity contribution in [2.45, 2.75) is 87.1 Å². The number of aliphatic hydroxyl groups is 5. The lowest BCUT2D eigenvalue weighted by Crippen LogP contribution is -2.87. The molecule has 6 rings (SSSR count). The third-order valence-corrected chi connectivity index (χ3v) is 10.9. The molecule has 0 aromatic carbocycles. The molecule has 29 heavy (non-hydrogen) atoms. The molecule has 7 bridgehead atoms. The van der Waals surface area contributed by atoms with Crippen LogP contribution in [-0.4, -0.2) is 91.8 Å². The number of aliphatic hydroxyl groups excluding tert-OH is 2. The minimum atomic E-state index is -1.87. The topological polar surface area (TPSA) is 114 Å². The van der Waals surface area contributed by atoms with Gasteiger partial charge in [-0.3, -0.25) is 4.90 Å². The summed E-state index contributed by atoms with van der Waals surface area (Å²) in [7, 11) is 1.57. The number of rotatable bonds is 2. The highest BCUT2D eigenvalue weighted by Gasteiger charge is 2.91. The molecule has 6 fully saturated rings. The van der Waals surface area contributed by atoms with Gasteiger partial charge in [-0.25, -0.2) is 0 Å². The molecule has 1 heterocycles. The summed E-state index contributed by atoms with van der Waals surface area (Å²) in [6.07, 6.45) is 0.207. The Morgan fingerprint density at radius 2 is 1.83 bits per heavy atom. The number of likely N-dealkylation sites (N-methyl/N-ethyl adjacent to an activating group) is 1. The maximum absolute atomic E-state index is 12.3. The van der Waals surface area contributed by atoms with E-state index in [0.29, 0.717) is 25.8 Å². The number of hydrogen-bond donors (Lipinski definition) is 5. The molecular weight excluding hydrogens is 374 g/mol. The number of likely N-dealkylation sites (tertiary alicyclic amines) is 1. The lowest BCUT2D eigenvalue weighted by atomic mass is 9.41. The fraction of sp³-hybridized carbons (Fsp3) is 1.00. The van der Waals surface area contributed by atoms with Gasteiger partial charge in [-0.05, 0) is 43.6 Å². The predicted molar refractivity (Wildman–Crippen MR) is 103 cm³/mol. The number of fused-ring (bicyclic) bond motifs is 2. The first kappa shape index (κ1) is 19.4. The number of nitrogens with zero attached hydrogens (tertiary/aromatic N) is 1. The Bertz CT molecular complexity index is 766. The molecule has 5 N–H and O–H groups in total. The van der Waals surface area contributed by atoms with Crippen molar-refractivity contribution in [3.8, 4) is 0 Å². The molecular formula is C22H35NO6. The van der Waals surface area contributed by atoms with Crippen LogP contribution < -0.4 is 0 Å². The molecule has 7 nitrogen and oxygen atoms in total. The van der Waals surface area contributed by atoms with Crippen molar-refractivity contribution in [1.29, 1.82) is 0 Å². The van der Waals surface area contributed by atoms with Gasteiger partial charge in [-0.15, -0.1) is 0 Å². The maximum atomic E-state index is 12.3. The smallest absolute Gasteiger partial charge is 0.129 e. The van der Waals surface area contributed by atoms with Crippen molar-refractivity contribution in [2.75, 3.05) is 20.2 Å². The normalized spacial score (nSPS) is 67.7. The van der Waals surface area contributed by atoms with Gasteiger partial charge < -0.3 is 30.3 Å². The Balaban J connectivity index is 1.67. The minimum Gasteiger partial charge on any atom is -0.392 e. The molecule has 6 aliphatic rings. The summed E-state index contributed by atoms with van der Waals surface area (Å²) >= 11 is 0. The molecule has 5 aliphatic carbocycles. The van der Waals surface area contributed by atoms with Crippen LogP contribution in [0.5, 0.6) is 0 Å². The molecule has 1 spiro atoms. The van der Waals surface area contributed by atoms with Crippen LogP contribution in [0.3, 0.4) is 0 Å². The minimum absolute atomic E-state index is 0.00662. The molecule has 1 saturated heterocycles. The van der Waals surface area contributed by atoms with Gasteiger partial charge in [0, 0.05) is 37.3 Å². The maximum Gasteiger partial charge on any atom is 0.129 e. The van der Waals surface area contributed by atoms with Crippen LogP contribution in [0.1, 0.15) is 46.0 Å². The van der Waals surface area contributed by atoms with E-state index < -0.39 is 52.5 Å². The van der Waals surface area contributed by atoms with E-state index in [4.69, 9.17) is 4.74 Å². The predicted octanol–water partition coefficient (Wildman–Crippen LogP) is -0.520. The quantitative estimate of drug-likeness (QED) is 0.417. The second kappa shape index (κ2) is 5.20. The molecule has 164 valence electrons. The Kier molecular flexibility index (Phi) is 3.48. The Morgan fingerprint density at radius 3 is 2.48 bits per heavy atom. The van der Waals surface area contributed by atoms with Gasteiger partial charge in [0.15, 0.2) is 0 Å². The molecule has 0 amide bonds. The summed E-state index contributed by atoms with van der Waals surface area (Å²) in [5.41, 5.74) is -6.12. The molecule has 5 unspecified atom stereocenters. The van der Waals surface area contributed by atoms with Gasteiger partial charge in [0.1, 0.15) is 16.8 Å². The van der Waals surface area contributed by atoms with Crippen LogP contribution in [0.25, 0.3) is 0 Å². The van der Waals surface area contributed by atoms with Crippen LogP contribution in [0.4, 0.5) is 0 Å². The van der Waals surface area contributed by atoms with Crippen molar-refractivity contribution in [3.05, 3.63) is 0 Å². The van der Waals surface area contributed by atoms with Gasteiger partial charge in [-0.2, -0.15) is 0 Å². The zero-order valence-corrected chi connectivity index (χ0v) is 17.6. The fourth-order valence-electron chi connectivity index (χ4n) is 10.1. The Hall–Kier alpha value is -0.280. The van der Waals surface area contributed by atoms with Gasteiger partial charge in [0.2, 0.25) is 0 Å². The summed E-state index contributed by atoms with van der Waals surface area (Å²) in [6, 6.07) is -0.426. The molecule has 0 aromatic rings. The highest BCUT2D eigenvalue weighted by Crippen LogP contribution is 2.80. The highest BCUT2D eigenvalue weighted by atomic mass is 16.5. The standard InChI is InChI=1S/C22H35NO6/c1-4-23-10-18(2)6-5-15(24)21-13-7-11-12(29-3)8-20(27,22(13,28)16(11)25)19(26,17(21)23)9-14(18)21/h11-17,24-28H,4-10H2,1-3H3/t11?,12?,13?,14-,15+,16+,17?,18+,19?,20+,21-,22+/m1/s1. The second-order valence-corrected chi connectivity index (χ2v) is 11.4.